The Balaban J connectivity index is 1.74. The second-order valence-corrected chi connectivity index (χ2v) is 8.34. The summed E-state index contributed by atoms with van der Waals surface area (Å²) < 4.78 is 2.32. The Labute approximate surface area is 176 Å². The number of hydrogen-bond acceptors (Lipinski definition) is 3. The van der Waals surface area contributed by atoms with Crippen LogP contribution in [-0.2, 0) is 6.54 Å². The molecule has 0 bridgehead atoms. The van der Waals surface area contributed by atoms with E-state index in [4.69, 9.17) is 11.6 Å². The molecule has 5 heteroatoms. The highest BCUT2D eigenvalue weighted by Gasteiger charge is 2.14. The Morgan fingerprint density at radius 2 is 1.79 bits per heavy atom. The average molecular weight is 405 g/mol. The molecule has 0 spiro atoms. The maximum atomic E-state index is 6.04. The van der Waals surface area contributed by atoms with Crippen LogP contribution in [0.1, 0.15) is 6.92 Å². The number of hydrogen-bond donors (Lipinski definition) is 0. The molecule has 1 unspecified atom stereocenters. The van der Waals surface area contributed by atoms with Gasteiger partial charge in [-0.2, -0.15) is 0 Å². The Morgan fingerprint density at radius 1 is 1.03 bits per heavy atom. The number of aromatic nitrogens is 3. The van der Waals surface area contributed by atoms with Crippen LogP contribution in [0.5, 0.6) is 0 Å². The molecule has 29 heavy (non-hydrogen) atoms. The summed E-state index contributed by atoms with van der Waals surface area (Å²) in [5.74, 6) is 0.534. The van der Waals surface area contributed by atoms with Gasteiger partial charge in [0, 0.05) is 59.6 Å². The van der Waals surface area contributed by atoms with Gasteiger partial charge < -0.3 is 9.47 Å². The summed E-state index contributed by atoms with van der Waals surface area (Å²) in [5, 5.41) is 0.733. The number of benzene rings is 1. The predicted octanol–water partition coefficient (Wildman–Crippen LogP) is 5.62. The van der Waals surface area contributed by atoms with Crippen LogP contribution < -0.4 is 0 Å². The lowest BCUT2D eigenvalue weighted by Crippen LogP contribution is -2.22. The van der Waals surface area contributed by atoms with E-state index in [1.807, 2.05) is 48.9 Å². The zero-order valence-corrected chi connectivity index (χ0v) is 17.8. The summed E-state index contributed by atoms with van der Waals surface area (Å²) in [7, 11) is 4.23. The van der Waals surface area contributed by atoms with Gasteiger partial charge in [0.15, 0.2) is 0 Å². The lowest BCUT2D eigenvalue weighted by atomic mass is 10.0. The Kier molecular flexibility index (Phi) is 5.65. The van der Waals surface area contributed by atoms with E-state index in [-0.39, 0.29) is 0 Å². The first-order valence-corrected chi connectivity index (χ1v) is 10.2. The van der Waals surface area contributed by atoms with E-state index in [0.29, 0.717) is 5.92 Å². The van der Waals surface area contributed by atoms with Crippen LogP contribution in [0.2, 0.25) is 5.02 Å². The van der Waals surface area contributed by atoms with Crippen molar-refractivity contribution in [3.8, 4) is 22.3 Å². The minimum Gasteiger partial charge on any atom is -0.345 e. The molecule has 3 aromatic heterocycles. The Bertz CT molecular complexity index is 1120. The molecule has 0 aliphatic carbocycles. The second-order valence-electron chi connectivity index (χ2n) is 7.90. The SMILES string of the molecule is CC(CN(C)C)Cn1cc(-c2cncc(-c3ccc(Cl)cc3)c2)c2ncccc21. The molecule has 4 aromatic rings. The molecule has 0 saturated carbocycles. The highest BCUT2D eigenvalue weighted by atomic mass is 35.5. The van der Waals surface area contributed by atoms with Crippen LogP contribution >= 0.6 is 11.6 Å². The van der Waals surface area contributed by atoms with E-state index in [0.717, 1.165) is 51.4 Å². The van der Waals surface area contributed by atoms with E-state index in [1.54, 1.807) is 0 Å². The van der Waals surface area contributed by atoms with Crippen molar-refractivity contribution in [1.29, 1.82) is 0 Å². The number of rotatable bonds is 6. The van der Waals surface area contributed by atoms with E-state index in [1.165, 1.54) is 0 Å². The van der Waals surface area contributed by atoms with E-state index in [2.05, 4.69) is 58.8 Å². The predicted molar refractivity (Wildman–Crippen MR) is 121 cm³/mol. The topological polar surface area (TPSA) is 34.0 Å². The van der Waals surface area contributed by atoms with Gasteiger partial charge in [-0.1, -0.05) is 30.7 Å². The first kappa shape index (κ1) is 19.6. The molecular weight excluding hydrogens is 380 g/mol. The van der Waals surface area contributed by atoms with Crippen LogP contribution in [0.3, 0.4) is 0 Å². The van der Waals surface area contributed by atoms with Gasteiger partial charge in [0.25, 0.3) is 0 Å². The quantitative estimate of drug-likeness (QED) is 0.418. The molecule has 3 heterocycles. The monoisotopic (exact) mass is 404 g/mol. The van der Waals surface area contributed by atoms with Gasteiger partial charge in [0.1, 0.15) is 0 Å². The second kappa shape index (κ2) is 8.36. The fourth-order valence-electron chi connectivity index (χ4n) is 3.89. The lowest BCUT2D eigenvalue weighted by molar-refractivity contribution is 0.318. The number of nitrogens with zero attached hydrogens (tertiary/aromatic N) is 4. The minimum absolute atomic E-state index is 0.534. The number of pyridine rings is 2. The molecule has 0 fully saturated rings. The van der Waals surface area contributed by atoms with Crippen molar-refractivity contribution >= 4 is 22.6 Å². The largest absolute Gasteiger partial charge is 0.345 e. The first-order chi connectivity index (χ1) is 14.0. The van der Waals surface area contributed by atoms with Gasteiger partial charge in [-0.15, -0.1) is 0 Å². The maximum absolute atomic E-state index is 6.04. The molecule has 1 aromatic carbocycles. The molecule has 4 nitrogen and oxygen atoms in total. The van der Waals surface area contributed by atoms with Crippen LogP contribution in [0.25, 0.3) is 33.3 Å². The Morgan fingerprint density at radius 3 is 2.55 bits per heavy atom. The van der Waals surface area contributed by atoms with Gasteiger partial charge in [0.2, 0.25) is 0 Å². The van der Waals surface area contributed by atoms with Gasteiger partial charge >= 0.3 is 0 Å². The average Bonchev–Trinajstić information content (AvgIpc) is 3.06. The van der Waals surface area contributed by atoms with Gasteiger partial charge in [-0.3, -0.25) is 9.97 Å². The lowest BCUT2D eigenvalue weighted by Gasteiger charge is -2.17. The number of halogens is 1. The summed E-state index contributed by atoms with van der Waals surface area (Å²) in [6.45, 7) is 4.28. The third kappa shape index (κ3) is 4.34. The maximum Gasteiger partial charge on any atom is 0.0959 e. The fraction of sp³-hybridized carbons (Fsp3) is 0.250. The van der Waals surface area contributed by atoms with Crippen LogP contribution in [-0.4, -0.2) is 40.1 Å². The standard InChI is InChI=1S/C24H25ClN4/c1-17(14-28(2)3)15-29-16-22(24-23(29)5-4-10-27-24)20-11-19(12-26-13-20)18-6-8-21(25)9-7-18/h4-13,16-17H,14-15H2,1-3H3. The van der Waals surface area contributed by atoms with Crippen molar-refractivity contribution < 1.29 is 0 Å². The molecule has 0 radical (unpaired) electrons. The highest BCUT2D eigenvalue weighted by molar-refractivity contribution is 6.30. The van der Waals surface area contributed by atoms with Crippen molar-refractivity contribution in [3.63, 3.8) is 0 Å². The number of fused-ring (bicyclic) bond motifs is 1. The van der Waals surface area contributed by atoms with Crippen LogP contribution in [0, 0.1) is 5.92 Å². The molecule has 0 saturated heterocycles. The molecule has 4 rings (SSSR count). The normalized spacial score (nSPS) is 12.6. The summed E-state index contributed by atoms with van der Waals surface area (Å²) >= 11 is 6.04. The molecule has 0 N–H and O–H groups in total. The third-order valence-electron chi connectivity index (χ3n) is 5.05. The van der Waals surface area contributed by atoms with Crippen molar-refractivity contribution in [2.24, 2.45) is 5.92 Å². The molecular formula is C24H25ClN4. The summed E-state index contributed by atoms with van der Waals surface area (Å²) in [4.78, 5) is 11.4. The van der Waals surface area contributed by atoms with E-state index < -0.39 is 0 Å². The van der Waals surface area contributed by atoms with Gasteiger partial charge in [-0.05, 0) is 55.9 Å². The Hall–Kier alpha value is -2.69. The molecule has 148 valence electrons. The third-order valence-corrected chi connectivity index (χ3v) is 5.30. The first-order valence-electron chi connectivity index (χ1n) is 9.81. The van der Waals surface area contributed by atoms with E-state index >= 15 is 0 Å². The summed E-state index contributed by atoms with van der Waals surface area (Å²) in [5.41, 5.74) is 6.52. The molecule has 0 aliphatic rings. The highest BCUT2D eigenvalue weighted by Crippen LogP contribution is 2.32. The zero-order chi connectivity index (χ0) is 20.4. The van der Waals surface area contributed by atoms with Crippen molar-refractivity contribution in [1.82, 2.24) is 19.4 Å². The summed E-state index contributed by atoms with van der Waals surface area (Å²) in [6, 6.07) is 14.2. The zero-order valence-electron chi connectivity index (χ0n) is 17.0. The minimum atomic E-state index is 0.534. The molecule has 0 amide bonds. The van der Waals surface area contributed by atoms with Crippen molar-refractivity contribution in [2.45, 2.75) is 13.5 Å². The van der Waals surface area contributed by atoms with Crippen molar-refractivity contribution in [3.05, 3.63) is 72.3 Å². The van der Waals surface area contributed by atoms with Crippen LogP contribution in [0.4, 0.5) is 0 Å². The van der Waals surface area contributed by atoms with Gasteiger partial charge in [-0.25, -0.2) is 0 Å². The molecule has 0 aliphatic heterocycles. The summed E-state index contributed by atoms with van der Waals surface area (Å²) in [6.07, 6.45) is 7.87. The fourth-order valence-corrected chi connectivity index (χ4v) is 4.02. The molecule has 1 atom stereocenters. The smallest absolute Gasteiger partial charge is 0.0959 e. The van der Waals surface area contributed by atoms with E-state index in [9.17, 15) is 0 Å². The van der Waals surface area contributed by atoms with Gasteiger partial charge in [0.05, 0.1) is 11.0 Å². The van der Waals surface area contributed by atoms with Crippen LogP contribution in [0.15, 0.2) is 67.3 Å². The van der Waals surface area contributed by atoms with Crippen molar-refractivity contribution in [2.75, 3.05) is 20.6 Å².